The molecule has 2 heterocycles. The molecule has 0 bridgehead atoms. The molecule has 2 aromatic rings. The molecule has 0 unspecified atom stereocenters. The van der Waals surface area contributed by atoms with E-state index in [-0.39, 0.29) is 5.91 Å². The van der Waals surface area contributed by atoms with E-state index in [1.165, 1.54) is 0 Å². The molecule has 0 atom stereocenters. The van der Waals surface area contributed by atoms with Crippen molar-refractivity contribution in [1.82, 2.24) is 14.7 Å². The van der Waals surface area contributed by atoms with Crippen molar-refractivity contribution in [3.05, 3.63) is 24.4 Å². The van der Waals surface area contributed by atoms with Crippen molar-refractivity contribution < 1.29 is 9.53 Å². The van der Waals surface area contributed by atoms with E-state index in [0.29, 0.717) is 13.0 Å². The molecule has 3 rings (SSSR count). The fourth-order valence-electron chi connectivity index (χ4n) is 2.70. The molecule has 1 aromatic carbocycles. The number of fused-ring (bicyclic) bond motifs is 1. The maximum Gasteiger partial charge on any atom is 0.224 e. The SMILES string of the molecule is COc1ccc2c(cnn2CCC(=O)N2CCCC2)c1. The summed E-state index contributed by atoms with van der Waals surface area (Å²) in [6.07, 6.45) is 4.60. The first-order valence-corrected chi connectivity index (χ1v) is 7.05. The van der Waals surface area contributed by atoms with Gasteiger partial charge in [0.05, 0.1) is 25.4 Å². The number of carbonyl (C=O) groups excluding carboxylic acids is 1. The van der Waals surface area contributed by atoms with Gasteiger partial charge in [-0.15, -0.1) is 0 Å². The fourth-order valence-corrected chi connectivity index (χ4v) is 2.70. The summed E-state index contributed by atoms with van der Waals surface area (Å²) in [6.45, 7) is 2.46. The normalized spacial score (nSPS) is 14.9. The van der Waals surface area contributed by atoms with E-state index in [0.717, 1.165) is 42.6 Å². The predicted octanol–water partition coefficient (Wildman–Crippen LogP) is 2.06. The molecule has 1 aliphatic rings. The first-order chi connectivity index (χ1) is 9.78. The third-order valence-corrected chi connectivity index (χ3v) is 3.85. The van der Waals surface area contributed by atoms with E-state index in [1.54, 1.807) is 7.11 Å². The summed E-state index contributed by atoms with van der Waals surface area (Å²) in [5, 5.41) is 5.40. The second-order valence-corrected chi connectivity index (χ2v) is 5.13. The van der Waals surface area contributed by atoms with Crippen molar-refractivity contribution in [3.8, 4) is 5.75 Å². The fraction of sp³-hybridized carbons (Fsp3) is 0.467. The molecule has 20 heavy (non-hydrogen) atoms. The van der Waals surface area contributed by atoms with Crippen LogP contribution in [0.4, 0.5) is 0 Å². The molecular formula is C15H19N3O2. The Labute approximate surface area is 118 Å². The van der Waals surface area contributed by atoms with Crippen molar-refractivity contribution in [3.63, 3.8) is 0 Å². The summed E-state index contributed by atoms with van der Waals surface area (Å²) in [6, 6.07) is 5.87. The smallest absolute Gasteiger partial charge is 0.224 e. The van der Waals surface area contributed by atoms with Crippen LogP contribution in [0.1, 0.15) is 19.3 Å². The monoisotopic (exact) mass is 273 g/mol. The van der Waals surface area contributed by atoms with Gasteiger partial charge in [-0.2, -0.15) is 5.10 Å². The molecule has 1 aromatic heterocycles. The first kappa shape index (κ1) is 13.0. The third-order valence-electron chi connectivity index (χ3n) is 3.85. The lowest BCUT2D eigenvalue weighted by Crippen LogP contribution is -2.28. The van der Waals surface area contributed by atoms with Crippen LogP contribution >= 0.6 is 0 Å². The van der Waals surface area contributed by atoms with Crippen LogP contribution in [0, 0.1) is 0 Å². The lowest BCUT2D eigenvalue weighted by atomic mass is 10.2. The topological polar surface area (TPSA) is 47.4 Å². The maximum absolute atomic E-state index is 12.0. The molecular weight excluding hydrogens is 254 g/mol. The minimum absolute atomic E-state index is 0.236. The van der Waals surface area contributed by atoms with Crippen LogP contribution in [0.3, 0.4) is 0 Å². The van der Waals surface area contributed by atoms with Gasteiger partial charge in [-0.25, -0.2) is 0 Å². The van der Waals surface area contributed by atoms with Crippen molar-refractivity contribution in [2.45, 2.75) is 25.8 Å². The standard InChI is InChI=1S/C15H19N3O2/c1-20-13-4-5-14-12(10-13)11-16-18(14)9-6-15(19)17-7-2-3-8-17/h4-5,10-11H,2-3,6-9H2,1H3. The van der Waals surface area contributed by atoms with Gasteiger partial charge in [0.2, 0.25) is 5.91 Å². The van der Waals surface area contributed by atoms with Crippen LogP contribution in [0.5, 0.6) is 5.75 Å². The zero-order valence-corrected chi connectivity index (χ0v) is 11.7. The molecule has 1 fully saturated rings. The van der Waals surface area contributed by atoms with E-state index in [9.17, 15) is 4.79 Å². The lowest BCUT2D eigenvalue weighted by Gasteiger charge is -2.15. The number of hydrogen-bond acceptors (Lipinski definition) is 3. The highest BCUT2D eigenvalue weighted by Gasteiger charge is 2.17. The van der Waals surface area contributed by atoms with Gasteiger partial charge in [-0.3, -0.25) is 9.48 Å². The number of methoxy groups -OCH3 is 1. The largest absolute Gasteiger partial charge is 0.497 e. The molecule has 1 saturated heterocycles. The number of benzene rings is 1. The molecule has 5 heteroatoms. The quantitative estimate of drug-likeness (QED) is 0.856. The Bertz CT molecular complexity index is 615. The number of likely N-dealkylation sites (tertiary alicyclic amines) is 1. The van der Waals surface area contributed by atoms with Crippen LogP contribution in [0.25, 0.3) is 10.9 Å². The summed E-state index contributed by atoms with van der Waals surface area (Å²) in [7, 11) is 1.65. The first-order valence-electron chi connectivity index (χ1n) is 7.05. The van der Waals surface area contributed by atoms with Gasteiger partial charge >= 0.3 is 0 Å². The van der Waals surface area contributed by atoms with Crippen LogP contribution in [-0.2, 0) is 11.3 Å². The van der Waals surface area contributed by atoms with Gasteiger partial charge in [0.25, 0.3) is 0 Å². The number of amides is 1. The number of aromatic nitrogens is 2. The zero-order valence-electron chi connectivity index (χ0n) is 11.7. The van der Waals surface area contributed by atoms with Gasteiger partial charge in [-0.05, 0) is 31.0 Å². The van der Waals surface area contributed by atoms with Crippen LogP contribution in [0.15, 0.2) is 24.4 Å². The molecule has 1 amide bonds. The van der Waals surface area contributed by atoms with Crippen LogP contribution in [-0.4, -0.2) is 40.8 Å². The van der Waals surface area contributed by atoms with Crippen molar-refractivity contribution in [2.75, 3.05) is 20.2 Å². The number of ether oxygens (including phenoxy) is 1. The Morgan fingerprint density at radius 1 is 1.35 bits per heavy atom. The van der Waals surface area contributed by atoms with E-state index >= 15 is 0 Å². The van der Waals surface area contributed by atoms with E-state index in [2.05, 4.69) is 5.10 Å². The summed E-state index contributed by atoms with van der Waals surface area (Å²) >= 11 is 0. The average Bonchev–Trinajstić information content (AvgIpc) is 3.13. The highest BCUT2D eigenvalue weighted by molar-refractivity contribution is 5.80. The number of nitrogens with zero attached hydrogens (tertiary/aromatic N) is 3. The van der Waals surface area contributed by atoms with Crippen molar-refractivity contribution in [2.24, 2.45) is 0 Å². The number of hydrogen-bond donors (Lipinski definition) is 0. The van der Waals surface area contributed by atoms with Gasteiger partial charge < -0.3 is 9.64 Å². The Balaban J connectivity index is 1.69. The molecule has 0 N–H and O–H groups in total. The third kappa shape index (κ3) is 2.48. The molecule has 1 aliphatic heterocycles. The predicted molar refractivity (Wildman–Crippen MR) is 76.7 cm³/mol. The van der Waals surface area contributed by atoms with E-state index < -0.39 is 0 Å². The second kappa shape index (κ2) is 5.53. The molecule has 0 saturated carbocycles. The Kier molecular flexibility index (Phi) is 3.58. The van der Waals surface area contributed by atoms with Crippen molar-refractivity contribution in [1.29, 1.82) is 0 Å². The lowest BCUT2D eigenvalue weighted by molar-refractivity contribution is -0.130. The highest BCUT2D eigenvalue weighted by atomic mass is 16.5. The second-order valence-electron chi connectivity index (χ2n) is 5.13. The summed E-state index contributed by atoms with van der Waals surface area (Å²) in [4.78, 5) is 14.0. The minimum atomic E-state index is 0.236. The molecule has 106 valence electrons. The van der Waals surface area contributed by atoms with Crippen molar-refractivity contribution >= 4 is 16.8 Å². The van der Waals surface area contributed by atoms with Gasteiger partial charge in [0.15, 0.2) is 0 Å². The van der Waals surface area contributed by atoms with Crippen LogP contribution < -0.4 is 4.74 Å². The Morgan fingerprint density at radius 2 is 2.15 bits per heavy atom. The Hall–Kier alpha value is -2.04. The minimum Gasteiger partial charge on any atom is -0.497 e. The molecule has 5 nitrogen and oxygen atoms in total. The zero-order chi connectivity index (χ0) is 13.9. The number of carbonyl (C=O) groups is 1. The Morgan fingerprint density at radius 3 is 2.90 bits per heavy atom. The number of aryl methyl sites for hydroxylation is 1. The maximum atomic E-state index is 12.0. The van der Waals surface area contributed by atoms with Gasteiger partial charge in [-0.1, -0.05) is 0 Å². The van der Waals surface area contributed by atoms with Gasteiger partial charge in [0.1, 0.15) is 5.75 Å². The summed E-state index contributed by atoms with van der Waals surface area (Å²) in [5.74, 6) is 1.06. The highest BCUT2D eigenvalue weighted by Crippen LogP contribution is 2.20. The molecule has 0 aliphatic carbocycles. The molecule has 0 radical (unpaired) electrons. The summed E-state index contributed by atoms with van der Waals surface area (Å²) < 4.78 is 7.09. The summed E-state index contributed by atoms with van der Waals surface area (Å²) in [5.41, 5.74) is 1.04. The van der Waals surface area contributed by atoms with Crippen LogP contribution in [0.2, 0.25) is 0 Å². The molecule has 0 spiro atoms. The van der Waals surface area contributed by atoms with E-state index in [1.807, 2.05) is 34.0 Å². The van der Waals surface area contributed by atoms with Gasteiger partial charge in [0, 0.05) is 24.9 Å². The number of rotatable bonds is 4. The average molecular weight is 273 g/mol. The van der Waals surface area contributed by atoms with E-state index in [4.69, 9.17) is 4.74 Å².